The number of rotatable bonds is 3. The third-order valence-electron chi connectivity index (χ3n) is 3.18. The van der Waals surface area contributed by atoms with Gasteiger partial charge < -0.3 is 19.7 Å². The van der Waals surface area contributed by atoms with Crippen LogP contribution in [0.25, 0.3) is 0 Å². The molecule has 1 aromatic rings. The first kappa shape index (κ1) is 17.6. The van der Waals surface area contributed by atoms with Gasteiger partial charge in [0.15, 0.2) is 0 Å². The van der Waals surface area contributed by atoms with Gasteiger partial charge in [-0.05, 0) is 48.8 Å². The van der Waals surface area contributed by atoms with Crippen LogP contribution in [0.2, 0.25) is 0 Å². The molecule has 0 radical (unpaired) electrons. The number of nitrogens with one attached hydrogen (secondary N) is 1. The van der Waals surface area contributed by atoms with Gasteiger partial charge in [-0.15, -0.1) is 0 Å². The Bertz CT molecular complexity index is 580. The summed E-state index contributed by atoms with van der Waals surface area (Å²) in [4.78, 5) is 25.1. The summed E-state index contributed by atoms with van der Waals surface area (Å²) in [5, 5.41) is 2.71. The molecule has 0 atom stereocenters. The van der Waals surface area contributed by atoms with E-state index in [2.05, 4.69) is 21.2 Å². The Morgan fingerprint density at radius 3 is 2.57 bits per heavy atom. The lowest BCUT2D eigenvalue weighted by Crippen LogP contribution is -2.54. The second-order valence-corrected chi connectivity index (χ2v) is 7.31. The van der Waals surface area contributed by atoms with Crippen LogP contribution in [0.1, 0.15) is 20.8 Å². The molecule has 1 fully saturated rings. The van der Waals surface area contributed by atoms with E-state index in [4.69, 9.17) is 9.47 Å². The summed E-state index contributed by atoms with van der Waals surface area (Å²) >= 11 is 3.33. The molecule has 1 aliphatic rings. The van der Waals surface area contributed by atoms with Gasteiger partial charge in [0.05, 0.1) is 4.47 Å². The number of carbonyl (C=O) groups excluding carboxylic acids is 2. The number of carbonyl (C=O) groups is 2. The fourth-order valence-corrected chi connectivity index (χ4v) is 2.44. The number of likely N-dealkylation sites (tertiary alicyclic amines) is 1. The normalized spacial score (nSPS) is 14.9. The highest BCUT2D eigenvalue weighted by molar-refractivity contribution is 9.10. The van der Waals surface area contributed by atoms with Crippen molar-refractivity contribution in [1.82, 2.24) is 10.2 Å². The molecule has 0 unspecified atom stereocenters. The fraction of sp³-hybridized carbons (Fsp3) is 0.500. The summed E-state index contributed by atoms with van der Waals surface area (Å²) in [7, 11) is 0. The van der Waals surface area contributed by atoms with E-state index in [0.717, 1.165) is 4.47 Å². The van der Waals surface area contributed by atoms with Gasteiger partial charge in [-0.3, -0.25) is 0 Å². The number of para-hydroxylation sites is 1. The quantitative estimate of drug-likeness (QED) is 0.866. The molecule has 0 aliphatic carbocycles. The molecule has 1 saturated heterocycles. The third kappa shape index (κ3) is 5.42. The molecule has 2 rings (SSSR count). The summed E-state index contributed by atoms with van der Waals surface area (Å²) in [6.07, 6.45) is -0.822. The lowest BCUT2D eigenvalue weighted by molar-refractivity contribution is 0.0475. The van der Waals surface area contributed by atoms with Crippen LogP contribution in [0.5, 0.6) is 5.75 Å². The Labute approximate surface area is 144 Å². The number of hydrogen-bond acceptors (Lipinski definition) is 4. The van der Waals surface area contributed by atoms with Crippen molar-refractivity contribution in [1.29, 1.82) is 0 Å². The minimum atomic E-state index is -0.511. The zero-order chi connectivity index (χ0) is 17.0. The molecule has 1 heterocycles. The van der Waals surface area contributed by atoms with Crippen molar-refractivity contribution < 1.29 is 19.1 Å². The summed E-state index contributed by atoms with van der Waals surface area (Å²) < 4.78 is 11.2. The average Bonchev–Trinajstić information content (AvgIpc) is 2.37. The molecular formula is C16H21BrN2O4. The maximum atomic E-state index is 12.0. The van der Waals surface area contributed by atoms with Crippen molar-refractivity contribution in [3.8, 4) is 5.75 Å². The number of hydrogen-bond donors (Lipinski definition) is 1. The first-order valence-corrected chi connectivity index (χ1v) is 8.22. The van der Waals surface area contributed by atoms with Crippen molar-refractivity contribution in [3.63, 3.8) is 0 Å². The molecule has 1 aliphatic heterocycles. The molecule has 23 heavy (non-hydrogen) atoms. The van der Waals surface area contributed by atoms with E-state index in [0.29, 0.717) is 25.4 Å². The van der Waals surface area contributed by atoms with E-state index in [-0.39, 0.29) is 12.0 Å². The van der Waals surface area contributed by atoms with E-state index in [1.54, 1.807) is 17.0 Å². The predicted octanol–water partition coefficient (Wildman–Crippen LogP) is 3.40. The van der Waals surface area contributed by atoms with Gasteiger partial charge in [-0.1, -0.05) is 12.1 Å². The first-order valence-electron chi connectivity index (χ1n) is 7.43. The average molecular weight is 385 g/mol. The Kier molecular flexibility index (Phi) is 5.51. The topological polar surface area (TPSA) is 67.9 Å². The first-order chi connectivity index (χ1) is 10.7. The lowest BCUT2D eigenvalue weighted by Gasteiger charge is -2.38. The van der Waals surface area contributed by atoms with Crippen molar-refractivity contribution in [2.24, 2.45) is 5.92 Å². The summed E-state index contributed by atoms with van der Waals surface area (Å²) in [6.45, 7) is 7.03. The fourth-order valence-electron chi connectivity index (χ4n) is 2.08. The highest BCUT2D eigenvalue weighted by Gasteiger charge is 2.32. The van der Waals surface area contributed by atoms with E-state index >= 15 is 0 Å². The Balaban J connectivity index is 1.69. The van der Waals surface area contributed by atoms with Crippen LogP contribution in [-0.4, -0.2) is 42.3 Å². The molecule has 0 aromatic heterocycles. The van der Waals surface area contributed by atoms with E-state index < -0.39 is 11.7 Å². The highest BCUT2D eigenvalue weighted by atomic mass is 79.9. The molecule has 0 bridgehead atoms. The molecule has 2 amide bonds. The summed E-state index contributed by atoms with van der Waals surface area (Å²) in [6, 6.07) is 7.19. The lowest BCUT2D eigenvalue weighted by atomic mass is 10.0. The van der Waals surface area contributed by atoms with Gasteiger partial charge in [0.2, 0.25) is 0 Å². The Morgan fingerprint density at radius 2 is 1.96 bits per heavy atom. The zero-order valence-electron chi connectivity index (χ0n) is 13.5. The standard InChI is InChI=1S/C16H21BrN2O4/c1-16(2,3)23-14(20)18-8-11-9-19(10-11)15(21)22-13-7-5-4-6-12(13)17/h4-7,11H,8-10H2,1-3H3,(H,18,20). The van der Waals surface area contributed by atoms with Crippen LogP contribution < -0.4 is 10.1 Å². The van der Waals surface area contributed by atoms with Crippen molar-refractivity contribution in [2.45, 2.75) is 26.4 Å². The number of benzene rings is 1. The van der Waals surface area contributed by atoms with E-state index in [1.165, 1.54) is 0 Å². The van der Waals surface area contributed by atoms with Crippen LogP contribution in [0.15, 0.2) is 28.7 Å². The SMILES string of the molecule is CC(C)(C)OC(=O)NCC1CN(C(=O)Oc2ccccc2Br)C1. The molecule has 1 aromatic carbocycles. The molecule has 1 N–H and O–H groups in total. The van der Waals surface area contributed by atoms with Gasteiger partial charge in [-0.25, -0.2) is 9.59 Å². The van der Waals surface area contributed by atoms with Gasteiger partial charge >= 0.3 is 12.2 Å². The van der Waals surface area contributed by atoms with E-state index in [1.807, 2.05) is 32.9 Å². The number of amides is 2. The van der Waals surface area contributed by atoms with Crippen molar-refractivity contribution in [2.75, 3.05) is 19.6 Å². The van der Waals surface area contributed by atoms with Crippen LogP contribution >= 0.6 is 15.9 Å². The smallest absolute Gasteiger partial charge is 0.415 e. The number of ether oxygens (including phenoxy) is 2. The van der Waals surface area contributed by atoms with Crippen LogP contribution in [0.3, 0.4) is 0 Å². The Morgan fingerprint density at radius 1 is 1.30 bits per heavy atom. The second-order valence-electron chi connectivity index (χ2n) is 6.45. The van der Waals surface area contributed by atoms with Crippen molar-refractivity contribution >= 4 is 28.1 Å². The van der Waals surface area contributed by atoms with Gasteiger partial charge in [-0.2, -0.15) is 0 Å². The van der Waals surface area contributed by atoms with Crippen LogP contribution in [0.4, 0.5) is 9.59 Å². The monoisotopic (exact) mass is 384 g/mol. The second kappa shape index (κ2) is 7.21. The zero-order valence-corrected chi connectivity index (χ0v) is 15.1. The Hall–Kier alpha value is -1.76. The van der Waals surface area contributed by atoms with Gasteiger partial charge in [0.25, 0.3) is 0 Å². The minimum absolute atomic E-state index is 0.217. The van der Waals surface area contributed by atoms with Gasteiger partial charge in [0.1, 0.15) is 11.4 Å². The minimum Gasteiger partial charge on any atom is -0.444 e. The number of nitrogens with zero attached hydrogens (tertiary/aromatic N) is 1. The predicted molar refractivity (Wildman–Crippen MR) is 89.5 cm³/mol. The molecular weight excluding hydrogens is 364 g/mol. The molecule has 0 spiro atoms. The molecule has 6 nitrogen and oxygen atoms in total. The number of halogens is 1. The van der Waals surface area contributed by atoms with Gasteiger partial charge in [0, 0.05) is 25.6 Å². The summed E-state index contributed by atoms with van der Waals surface area (Å²) in [5.41, 5.74) is -0.511. The molecule has 0 saturated carbocycles. The van der Waals surface area contributed by atoms with E-state index in [9.17, 15) is 9.59 Å². The maximum absolute atomic E-state index is 12.0. The number of alkyl carbamates (subject to hydrolysis) is 1. The largest absolute Gasteiger partial charge is 0.444 e. The van der Waals surface area contributed by atoms with Crippen molar-refractivity contribution in [3.05, 3.63) is 28.7 Å². The molecule has 126 valence electrons. The molecule has 7 heteroatoms. The maximum Gasteiger partial charge on any atom is 0.415 e. The summed E-state index contributed by atoms with van der Waals surface area (Å²) in [5.74, 6) is 0.710. The van der Waals surface area contributed by atoms with Crippen LogP contribution in [0, 0.1) is 5.92 Å². The highest BCUT2D eigenvalue weighted by Crippen LogP contribution is 2.25. The van der Waals surface area contributed by atoms with Crippen LogP contribution in [-0.2, 0) is 4.74 Å². The third-order valence-corrected chi connectivity index (χ3v) is 3.84.